The van der Waals surface area contributed by atoms with E-state index in [-0.39, 0.29) is 11.9 Å². The predicted molar refractivity (Wildman–Crippen MR) is 80.8 cm³/mol. The van der Waals surface area contributed by atoms with Gasteiger partial charge in [-0.3, -0.25) is 4.79 Å². The molecule has 3 nitrogen and oxygen atoms in total. The summed E-state index contributed by atoms with van der Waals surface area (Å²) in [5.74, 6) is 0.549. The van der Waals surface area contributed by atoms with Crippen LogP contribution in [0.3, 0.4) is 0 Å². The van der Waals surface area contributed by atoms with Gasteiger partial charge in [-0.1, -0.05) is 31.9 Å². The van der Waals surface area contributed by atoms with Crippen molar-refractivity contribution < 1.29 is 9.53 Å². The summed E-state index contributed by atoms with van der Waals surface area (Å²) in [5.41, 5.74) is 7.36. The van der Waals surface area contributed by atoms with Crippen molar-refractivity contribution in [2.45, 2.75) is 66.3 Å². The summed E-state index contributed by atoms with van der Waals surface area (Å²) in [6, 6.07) is -0.476. The number of allylic oxidation sites excluding steroid dienone is 2. The second kappa shape index (κ2) is 10.0. The lowest BCUT2D eigenvalue weighted by Gasteiger charge is -2.24. The molecule has 0 rings (SSSR count). The fourth-order valence-corrected chi connectivity index (χ4v) is 2.29. The zero-order valence-electron chi connectivity index (χ0n) is 13.2. The summed E-state index contributed by atoms with van der Waals surface area (Å²) in [6.45, 7) is 10.8. The van der Waals surface area contributed by atoms with E-state index in [1.165, 1.54) is 5.57 Å². The molecule has 0 saturated carbocycles. The number of rotatable bonds is 9. The van der Waals surface area contributed by atoms with E-state index < -0.39 is 6.04 Å². The SMILES string of the molecule is CCOC(=O)[C@H](N)[C@H](CC)C[C@H](C)CCC=C(C)C. The van der Waals surface area contributed by atoms with Gasteiger partial charge < -0.3 is 10.5 Å². The van der Waals surface area contributed by atoms with Crippen LogP contribution in [0.5, 0.6) is 0 Å². The summed E-state index contributed by atoms with van der Waals surface area (Å²) >= 11 is 0. The third kappa shape index (κ3) is 8.04. The fraction of sp³-hybridized carbons (Fsp3) is 0.812. The molecule has 0 radical (unpaired) electrons. The zero-order valence-corrected chi connectivity index (χ0v) is 13.2. The highest BCUT2D eigenvalue weighted by atomic mass is 16.5. The minimum atomic E-state index is -0.476. The first-order valence-corrected chi connectivity index (χ1v) is 7.47. The first kappa shape index (κ1) is 18.2. The van der Waals surface area contributed by atoms with E-state index in [0.29, 0.717) is 12.5 Å². The summed E-state index contributed by atoms with van der Waals surface area (Å²) in [6.07, 6.45) is 6.44. The van der Waals surface area contributed by atoms with Gasteiger partial charge in [0, 0.05) is 0 Å². The highest BCUT2D eigenvalue weighted by Crippen LogP contribution is 2.22. The summed E-state index contributed by atoms with van der Waals surface area (Å²) in [5, 5.41) is 0. The number of carbonyl (C=O) groups excluding carboxylic acids is 1. The van der Waals surface area contributed by atoms with Crippen LogP contribution in [0.2, 0.25) is 0 Å². The number of carbonyl (C=O) groups is 1. The fourth-order valence-electron chi connectivity index (χ4n) is 2.29. The molecular formula is C16H31NO2. The minimum Gasteiger partial charge on any atom is -0.465 e. The van der Waals surface area contributed by atoms with Gasteiger partial charge in [0.2, 0.25) is 0 Å². The van der Waals surface area contributed by atoms with Crippen molar-refractivity contribution in [1.82, 2.24) is 0 Å². The van der Waals surface area contributed by atoms with E-state index in [1.54, 1.807) is 0 Å². The molecule has 19 heavy (non-hydrogen) atoms. The van der Waals surface area contributed by atoms with E-state index in [2.05, 4.69) is 33.8 Å². The first-order valence-electron chi connectivity index (χ1n) is 7.47. The van der Waals surface area contributed by atoms with Crippen LogP contribution < -0.4 is 5.73 Å². The largest absolute Gasteiger partial charge is 0.465 e. The Kier molecular flexibility index (Phi) is 9.58. The molecule has 0 bridgehead atoms. The lowest BCUT2D eigenvalue weighted by molar-refractivity contribution is -0.146. The van der Waals surface area contributed by atoms with Crippen molar-refractivity contribution >= 4 is 5.97 Å². The molecule has 0 aliphatic heterocycles. The third-order valence-electron chi connectivity index (χ3n) is 3.51. The number of nitrogens with two attached hydrogens (primary N) is 1. The Morgan fingerprint density at radius 3 is 2.42 bits per heavy atom. The van der Waals surface area contributed by atoms with Gasteiger partial charge >= 0.3 is 5.97 Å². The van der Waals surface area contributed by atoms with Gasteiger partial charge in [0.1, 0.15) is 6.04 Å². The Morgan fingerprint density at radius 2 is 1.95 bits per heavy atom. The van der Waals surface area contributed by atoms with Gasteiger partial charge in [-0.15, -0.1) is 0 Å². The predicted octanol–water partition coefficient (Wildman–Crippen LogP) is 3.68. The van der Waals surface area contributed by atoms with Gasteiger partial charge in [0.25, 0.3) is 0 Å². The van der Waals surface area contributed by atoms with Crippen molar-refractivity contribution in [3.63, 3.8) is 0 Å². The van der Waals surface area contributed by atoms with Gasteiger partial charge in [-0.05, 0) is 51.9 Å². The average molecular weight is 269 g/mol. The van der Waals surface area contributed by atoms with E-state index in [4.69, 9.17) is 10.5 Å². The van der Waals surface area contributed by atoms with Gasteiger partial charge in [-0.25, -0.2) is 0 Å². The quantitative estimate of drug-likeness (QED) is 0.513. The molecule has 3 heteroatoms. The topological polar surface area (TPSA) is 52.3 Å². The Bertz CT molecular complexity index is 282. The lowest BCUT2D eigenvalue weighted by Crippen LogP contribution is -2.40. The van der Waals surface area contributed by atoms with Crippen molar-refractivity contribution in [3.05, 3.63) is 11.6 Å². The number of ether oxygens (including phenoxy) is 1. The summed E-state index contributed by atoms with van der Waals surface area (Å²) in [4.78, 5) is 11.7. The standard InChI is InChI=1S/C16H31NO2/c1-6-14(15(17)16(18)19-7-2)11-13(5)10-8-9-12(3)4/h9,13-15H,6-8,10-11,17H2,1-5H3/t13-,14-,15-/m1/s1. The maximum atomic E-state index is 11.7. The normalized spacial score (nSPS) is 15.5. The van der Waals surface area contributed by atoms with Crippen LogP contribution in [0.1, 0.15) is 60.3 Å². The second-order valence-electron chi connectivity index (χ2n) is 5.65. The zero-order chi connectivity index (χ0) is 14.8. The van der Waals surface area contributed by atoms with Crippen LogP contribution in [0.15, 0.2) is 11.6 Å². The third-order valence-corrected chi connectivity index (χ3v) is 3.51. The molecular weight excluding hydrogens is 238 g/mol. The van der Waals surface area contributed by atoms with Crippen LogP contribution in [-0.2, 0) is 9.53 Å². The molecule has 0 aliphatic carbocycles. The molecule has 3 atom stereocenters. The monoisotopic (exact) mass is 269 g/mol. The molecule has 0 aromatic carbocycles. The Hall–Kier alpha value is -0.830. The molecule has 112 valence electrons. The van der Waals surface area contributed by atoms with Crippen LogP contribution in [-0.4, -0.2) is 18.6 Å². The van der Waals surface area contributed by atoms with Crippen LogP contribution in [0.4, 0.5) is 0 Å². The Morgan fingerprint density at radius 1 is 1.32 bits per heavy atom. The molecule has 2 N–H and O–H groups in total. The smallest absolute Gasteiger partial charge is 0.323 e. The molecule has 0 heterocycles. The molecule has 0 saturated heterocycles. The van der Waals surface area contributed by atoms with Crippen LogP contribution >= 0.6 is 0 Å². The second-order valence-corrected chi connectivity index (χ2v) is 5.65. The van der Waals surface area contributed by atoms with Gasteiger partial charge in [-0.2, -0.15) is 0 Å². The highest BCUT2D eigenvalue weighted by molar-refractivity contribution is 5.75. The molecule has 0 unspecified atom stereocenters. The van der Waals surface area contributed by atoms with E-state index in [1.807, 2.05) is 6.92 Å². The van der Waals surface area contributed by atoms with E-state index in [0.717, 1.165) is 25.7 Å². The minimum absolute atomic E-state index is 0.223. The number of esters is 1. The highest BCUT2D eigenvalue weighted by Gasteiger charge is 2.25. The summed E-state index contributed by atoms with van der Waals surface area (Å²) in [7, 11) is 0. The molecule has 0 aliphatic rings. The molecule has 0 spiro atoms. The summed E-state index contributed by atoms with van der Waals surface area (Å²) < 4.78 is 5.01. The van der Waals surface area contributed by atoms with Crippen LogP contribution in [0.25, 0.3) is 0 Å². The maximum Gasteiger partial charge on any atom is 0.323 e. The molecule has 0 aromatic heterocycles. The van der Waals surface area contributed by atoms with E-state index >= 15 is 0 Å². The van der Waals surface area contributed by atoms with Crippen molar-refractivity contribution in [1.29, 1.82) is 0 Å². The number of hydrogen-bond donors (Lipinski definition) is 1. The van der Waals surface area contributed by atoms with Crippen LogP contribution in [0, 0.1) is 11.8 Å². The maximum absolute atomic E-state index is 11.7. The van der Waals surface area contributed by atoms with Gasteiger partial charge in [0.05, 0.1) is 6.61 Å². The van der Waals surface area contributed by atoms with E-state index in [9.17, 15) is 4.79 Å². The lowest BCUT2D eigenvalue weighted by atomic mass is 9.86. The Balaban J connectivity index is 4.23. The molecule has 0 amide bonds. The van der Waals surface area contributed by atoms with Crippen molar-refractivity contribution in [3.8, 4) is 0 Å². The van der Waals surface area contributed by atoms with Crippen molar-refractivity contribution in [2.24, 2.45) is 17.6 Å². The average Bonchev–Trinajstić information content (AvgIpc) is 2.34. The van der Waals surface area contributed by atoms with Gasteiger partial charge in [0.15, 0.2) is 0 Å². The van der Waals surface area contributed by atoms with Crippen molar-refractivity contribution in [2.75, 3.05) is 6.61 Å². The Labute approximate surface area is 118 Å². The first-order chi connectivity index (χ1) is 8.92. The molecule has 0 aromatic rings. The molecule has 0 fully saturated rings. The number of hydrogen-bond acceptors (Lipinski definition) is 3.